The topological polar surface area (TPSA) is 0 Å². The molecule has 0 spiro atoms. The molecule has 2 aromatic carbocycles. The van der Waals surface area contributed by atoms with Crippen LogP contribution < -0.4 is 10.4 Å². The molecule has 1 aliphatic rings. The molecule has 0 radical (unpaired) electrons. The third kappa shape index (κ3) is 3.61. The van der Waals surface area contributed by atoms with Gasteiger partial charge in [0.05, 0.1) is 0 Å². The van der Waals surface area contributed by atoms with Crippen molar-refractivity contribution in [1.82, 2.24) is 0 Å². The molecule has 3 heteroatoms. The first-order valence-electron chi connectivity index (χ1n) is 7.65. The van der Waals surface area contributed by atoms with E-state index < -0.39 is 25.1 Å². The van der Waals surface area contributed by atoms with Crippen LogP contribution in [0.1, 0.15) is 6.42 Å². The summed E-state index contributed by atoms with van der Waals surface area (Å²) >= 11 is -2.46. The molecule has 3 rings (SSSR count). The summed E-state index contributed by atoms with van der Waals surface area (Å²) in [7, 11) is 0. The van der Waals surface area contributed by atoms with E-state index in [-0.39, 0.29) is 12.4 Å². The molecule has 0 bridgehead atoms. The molecule has 0 amide bonds. The second-order valence-corrected chi connectivity index (χ2v) is 41.2. The Morgan fingerprint density at radius 3 is 1.73 bits per heavy atom. The monoisotopic (exact) mass is 494 g/mol. The summed E-state index contributed by atoms with van der Waals surface area (Å²) in [6.45, 7) is 0. The quantitative estimate of drug-likeness (QED) is 0.565. The number of halogens is 1. The van der Waals surface area contributed by atoms with Gasteiger partial charge in [0.1, 0.15) is 0 Å². The Kier molecular flexibility index (Phi) is 6.19. The van der Waals surface area contributed by atoms with E-state index in [1.165, 1.54) is 6.42 Å². The van der Waals surface area contributed by atoms with Gasteiger partial charge in [-0.15, -0.1) is 12.4 Å². The summed E-state index contributed by atoms with van der Waals surface area (Å²) in [5.74, 6) is -1.10. The standard InChI is InChI=1S/C12H11Si.C5H5.2CH3.ClH.Hf/c1-3-7-11(8-4-1)13-12-9-5-2-6-10-12;1-2-4-5-3-1;;;;/h1-10,13H;1-3H,4H2;2*1H3;1H;. The van der Waals surface area contributed by atoms with Crippen LogP contribution >= 0.6 is 12.4 Å². The zero-order valence-corrected chi connectivity index (χ0v) is 18.8. The number of benzene rings is 2. The van der Waals surface area contributed by atoms with Crippen LogP contribution in [0.15, 0.2) is 82.2 Å². The minimum atomic E-state index is -2.46. The molecule has 0 saturated heterocycles. The molecule has 0 fully saturated rings. The second-order valence-electron chi connectivity index (χ2n) is 6.30. The maximum absolute atomic E-state index is 2.66. The fraction of sp³-hybridized carbons (Fsp3) is 0.158. The van der Waals surface area contributed by atoms with Crippen LogP contribution in [0, 0.1) is 0 Å². The van der Waals surface area contributed by atoms with Crippen LogP contribution in [0.4, 0.5) is 0 Å². The maximum atomic E-state index is 2.66. The first kappa shape index (κ1) is 17.6. The summed E-state index contributed by atoms with van der Waals surface area (Å²) in [5.41, 5.74) is 0. The van der Waals surface area contributed by atoms with E-state index in [4.69, 9.17) is 0 Å². The van der Waals surface area contributed by atoms with Gasteiger partial charge >= 0.3 is 133 Å². The van der Waals surface area contributed by atoms with Crippen molar-refractivity contribution in [3.63, 3.8) is 0 Å². The average molecular weight is 493 g/mol. The summed E-state index contributed by atoms with van der Waals surface area (Å²) < 4.78 is 7.11. The fourth-order valence-electron chi connectivity index (χ4n) is 3.43. The summed E-state index contributed by atoms with van der Waals surface area (Å²) in [5, 5.41) is 3.26. The molecule has 22 heavy (non-hydrogen) atoms. The number of allylic oxidation sites excluding steroid dienone is 4. The van der Waals surface area contributed by atoms with Gasteiger partial charge in [-0.2, -0.15) is 0 Å². The molecule has 0 saturated carbocycles. The first-order valence-corrected chi connectivity index (χ1v) is 24.6. The van der Waals surface area contributed by atoms with Crippen LogP contribution in [0.2, 0.25) is 9.36 Å². The van der Waals surface area contributed by atoms with Crippen LogP contribution in [0.5, 0.6) is 0 Å². The molecule has 0 atom stereocenters. The van der Waals surface area contributed by atoms with Crippen molar-refractivity contribution in [3.8, 4) is 0 Å². The van der Waals surface area contributed by atoms with Crippen molar-refractivity contribution in [3.05, 3.63) is 82.2 Å². The van der Waals surface area contributed by atoms with Gasteiger partial charge in [-0.1, -0.05) is 0 Å². The van der Waals surface area contributed by atoms with Crippen LogP contribution in [-0.2, 0) is 19.1 Å². The van der Waals surface area contributed by atoms with Crippen molar-refractivity contribution >= 4 is 28.8 Å². The van der Waals surface area contributed by atoms with E-state index in [2.05, 4.69) is 88.3 Å². The molecule has 0 aliphatic heterocycles. The Balaban J connectivity index is 0.00000176. The Morgan fingerprint density at radius 2 is 1.32 bits per heavy atom. The van der Waals surface area contributed by atoms with Crippen molar-refractivity contribution in [2.45, 2.75) is 15.8 Å². The average Bonchev–Trinajstić information content (AvgIpc) is 3.04. The van der Waals surface area contributed by atoms with Crippen LogP contribution in [0.3, 0.4) is 0 Å². The predicted octanol–water partition coefficient (Wildman–Crippen LogP) is 4.04. The summed E-state index contributed by atoms with van der Waals surface area (Å²) in [6.07, 6.45) is 8.22. The first-order chi connectivity index (χ1) is 10.2. The van der Waals surface area contributed by atoms with Crippen LogP contribution in [0.25, 0.3) is 0 Å². The molecule has 0 nitrogen and oxygen atoms in total. The van der Waals surface area contributed by atoms with E-state index in [9.17, 15) is 0 Å². The van der Waals surface area contributed by atoms with Gasteiger partial charge in [0.15, 0.2) is 0 Å². The third-order valence-corrected chi connectivity index (χ3v) is 41.2. The zero-order chi connectivity index (χ0) is 14.7. The third-order valence-electron chi connectivity index (χ3n) is 4.59. The molecule has 0 aromatic heterocycles. The van der Waals surface area contributed by atoms with Gasteiger partial charge in [0.25, 0.3) is 0 Å². The summed E-state index contributed by atoms with van der Waals surface area (Å²) in [6, 6.07) is 22.6. The molecule has 2 aromatic rings. The van der Waals surface area contributed by atoms with Crippen molar-refractivity contribution in [2.75, 3.05) is 0 Å². The van der Waals surface area contributed by atoms with Gasteiger partial charge in [0, 0.05) is 0 Å². The van der Waals surface area contributed by atoms with E-state index in [0.717, 1.165) is 0 Å². The molecular formula is C19H23ClHfSi. The molecule has 0 N–H and O–H groups in total. The Hall–Kier alpha value is -0.703. The van der Waals surface area contributed by atoms with Gasteiger partial charge in [-0.25, -0.2) is 0 Å². The van der Waals surface area contributed by atoms with Gasteiger partial charge in [-0.05, 0) is 0 Å². The van der Waals surface area contributed by atoms with E-state index in [1.54, 1.807) is 13.7 Å². The Bertz CT molecular complexity index is 623. The minimum absolute atomic E-state index is 0. The second kappa shape index (κ2) is 7.72. The Morgan fingerprint density at radius 1 is 0.818 bits per heavy atom. The molecular weight excluding hydrogens is 470 g/mol. The molecule has 0 heterocycles. The van der Waals surface area contributed by atoms with Gasteiger partial charge < -0.3 is 0 Å². The van der Waals surface area contributed by atoms with Gasteiger partial charge in [0.2, 0.25) is 0 Å². The van der Waals surface area contributed by atoms with Crippen molar-refractivity contribution in [1.29, 1.82) is 0 Å². The molecule has 114 valence electrons. The fourth-order valence-corrected chi connectivity index (χ4v) is 39.1. The van der Waals surface area contributed by atoms with E-state index in [1.807, 2.05) is 0 Å². The molecule has 0 unspecified atom stereocenters. The SMILES string of the molecule is Cl.[CH3][Hf]([CH3])([C]1=CC=CC1)[SiH](c1ccccc1)c1ccccc1. The number of rotatable bonds is 4. The van der Waals surface area contributed by atoms with Crippen LogP contribution in [-0.4, -0.2) is 5.98 Å². The molecule has 1 aliphatic carbocycles. The van der Waals surface area contributed by atoms with E-state index in [0.29, 0.717) is 0 Å². The van der Waals surface area contributed by atoms with Gasteiger partial charge in [-0.3, -0.25) is 0 Å². The normalized spacial score (nSPS) is 13.9. The number of hydrogen-bond acceptors (Lipinski definition) is 0. The number of hydrogen-bond donors (Lipinski definition) is 0. The Labute approximate surface area is 145 Å². The van der Waals surface area contributed by atoms with Crippen molar-refractivity contribution < 1.29 is 19.1 Å². The summed E-state index contributed by atoms with van der Waals surface area (Å²) in [4.78, 5) is 0. The van der Waals surface area contributed by atoms with E-state index >= 15 is 0 Å². The van der Waals surface area contributed by atoms with Crippen molar-refractivity contribution in [2.24, 2.45) is 0 Å². The zero-order valence-electron chi connectivity index (χ0n) is 13.2. The predicted molar refractivity (Wildman–Crippen MR) is 100 cm³/mol.